The van der Waals surface area contributed by atoms with Crippen molar-refractivity contribution in [1.82, 2.24) is 20.2 Å². The molecule has 0 aliphatic rings. The Morgan fingerprint density at radius 1 is 0.933 bits per heavy atom. The quantitative estimate of drug-likeness (QED) is 0.355. The molecule has 0 fully saturated rings. The summed E-state index contributed by atoms with van der Waals surface area (Å²) in [6.45, 7) is 0.452. The highest BCUT2D eigenvalue weighted by molar-refractivity contribution is 7.98. The topological polar surface area (TPSA) is 76.8 Å². The number of hydrogen-bond acceptors (Lipinski definition) is 6. The first kappa shape index (κ1) is 18.4. The van der Waals surface area contributed by atoms with Crippen molar-refractivity contribution in [2.75, 3.05) is 0 Å². The Morgan fingerprint density at radius 2 is 1.80 bits per heavy atom. The van der Waals surface area contributed by atoms with Gasteiger partial charge in [0.1, 0.15) is 12.4 Å². The van der Waals surface area contributed by atoms with Gasteiger partial charge in [0.25, 0.3) is 11.1 Å². The van der Waals surface area contributed by atoms with E-state index in [9.17, 15) is 0 Å². The predicted molar refractivity (Wildman–Crippen MR) is 116 cm³/mol. The molecular weight excluding hydrogens is 396 g/mol. The first-order valence-electron chi connectivity index (χ1n) is 9.49. The van der Waals surface area contributed by atoms with Crippen LogP contribution in [0.2, 0.25) is 0 Å². The van der Waals surface area contributed by atoms with E-state index in [0.29, 0.717) is 17.7 Å². The van der Waals surface area contributed by atoms with Gasteiger partial charge in [-0.15, -0.1) is 10.2 Å². The minimum absolute atomic E-state index is 0.452. The van der Waals surface area contributed by atoms with E-state index in [4.69, 9.17) is 9.15 Å². The maximum Gasteiger partial charge on any atom is 0.277 e. The number of para-hydroxylation sites is 1. The van der Waals surface area contributed by atoms with Crippen molar-refractivity contribution < 1.29 is 9.15 Å². The molecule has 3 heterocycles. The van der Waals surface area contributed by atoms with Gasteiger partial charge in [-0.3, -0.25) is 4.98 Å². The van der Waals surface area contributed by atoms with Crippen LogP contribution in [0.25, 0.3) is 22.4 Å². The van der Waals surface area contributed by atoms with Gasteiger partial charge >= 0.3 is 0 Å². The smallest absolute Gasteiger partial charge is 0.277 e. The van der Waals surface area contributed by atoms with Crippen LogP contribution in [0.5, 0.6) is 5.75 Å². The number of pyridine rings is 1. The van der Waals surface area contributed by atoms with Crippen molar-refractivity contribution in [3.05, 3.63) is 90.4 Å². The summed E-state index contributed by atoms with van der Waals surface area (Å²) in [5, 5.41) is 10.00. The van der Waals surface area contributed by atoms with Gasteiger partial charge in [-0.05, 0) is 35.9 Å². The summed E-state index contributed by atoms with van der Waals surface area (Å²) < 4.78 is 11.6. The molecule has 0 aliphatic carbocycles. The van der Waals surface area contributed by atoms with Gasteiger partial charge < -0.3 is 14.1 Å². The monoisotopic (exact) mass is 414 g/mol. The van der Waals surface area contributed by atoms with Crippen LogP contribution in [-0.4, -0.2) is 20.2 Å². The predicted octanol–water partition coefficient (Wildman–Crippen LogP) is 5.48. The van der Waals surface area contributed by atoms with E-state index in [0.717, 1.165) is 39.2 Å². The van der Waals surface area contributed by atoms with Gasteiger partial charge in [0.15, 0.2) is 0 Å². The van der Waals surface area contributed by atoms with Crippen LogP contribution >= 0.6 is 11.8 Å². The van der Waals surface area contributed by atoms with Gasteiger partial charge in [-0.25, -0.2) is 0 Å². The number of H-pyrrole nitrogens is 1. The second-order valence-corrected chi connectivity index (χ2v) is 7.59. The molecule has 0 saturated carbocycles. The Labute approximate surface area is 177 Å². The van der Waals surface area contributed by atoms with Gasteiger partial charge in [0, 0.05) is 29.0 Å². The highest BCUT2D eigenvalue weighted by Gasteiger charge is 2.13. The Kier molecular flexibility index (Phi) is 5.18. The van der Waals surface area contributed by atoms with Crippen molar-refractivity contribution >= 4 is 22.7 Å². The lowest BCUT2D eigenvalue weighted by atomic mass is 10.2. The number of aromatic nitrogens is 4. The van der Waals surface area contributed by atoms with Crippen LogP contribution in [-0.2, 0) is 12.4 Å². The summed E-state index contributed by atoms with van der Waals surface area (Å²) in [5.74, 6) is 2.07. The largest absolute Gasteiger partial charge is 0.487 e. The standard InChI is InChI=1S/C23H18N4O2S/c1-2-7-21-19(6-1)20(13-25-21)22-26-27-23(29-22)30-15-16-8-10-18(11-9-16)28-14-17-5-3-4-12-24-17/h1-13,25H,14-15H2. The van der Waals surface area contributed by atoms with E-state index in [1.165, 1.54) is 11.8 Å². The van der Waals surface area contributed by atoms with Gasteiger partial charge in [0.2, 0.25) is 0 Å². The zero-order valence-electron chi connectivity index (χ0n) is 16.0. The second-order valence-electron chi connectivity index (χ2n) is 6.66. The molecule has 7 heteroatoms. The molecule has 0 saturated heterocycles. The normalized spacial score (nSPS) is 11.1. The molecule has 0 spiro atoms. The van der Waals surface area contributed by atoms with Crippen LogP contribution in [0.15, 0.2) is 88.8 Å². The number of aromatic amines is 1. The molecule has 5 rings (SSSR count). The molecule has 5 aromatic rings. The van der Waals surface area contributed by atoms with Crippen LogP contribution in [0.4, 0.5) is 0 Å². The van der Waals surface area contributed by atoms with Crippen molar-refractivity contribution in [3.8, 4) is 17.2 Å². The minimum Gasteiger partial charge on any atom is -0.487 e. The molecule has 148 valence electrons. The van der Waals surface area contributed by atoms with E-state index in [1.807, 2.05) is 72.9 Å². The van der Waals surface area contributed by atoms with Crippen LogP contribution in [0, 0.1) is 0 Å². The molecule has 0 aliphatic heterocycles. The number of nitrogens with zero attached hydrogens (tertiary/aromatic N) is 3. The lowest BCUT2D eigenvalue weighted by Crippen LogP contribution is -1.97. The fourth-order valence-corrected chi connectivity index (χ4v) is 3.81. The minimum atomic E-state index is 0.452. The number of hydrogen-bond donors (Lipinski definition) is 1. The maximum atomic E-state index is 5.86. The van der Waals surface area contributed by atoms with E-state index in [-0.39, 0.29) is 0 Å². The highest BCUT2D eigenvalue weighted by Crippen LogP contribution is 2.30. The molecule has 30 heavy (non-hydrogen) atoms. The first-order chi connectivity index (χ1) is 14.8. The molecule has 0 atom stereocenters. The molecular formula is C23H18N4O2S. The summed E-state index contributed by atoms with van der Waals surface area (Å²) in [6.07, 6.45) is 3.66. The Balaban J connectivity index is 1.19. The van der Waals surface area contributed by atoms with E-state index >= 15 is 0 Å². The highest BCUT2D eigenvalue weighted by atomic mass is 32.2. The number of nitrogens with one attached hydrogen (secondary N) is 1. The van der Waals surface area contributed by atoms with Gasteiger partial charge in [0.05, 0.1) is 11.3 Å². The molecule has 2 aromatic carbocycles. The molecule has 0 radical (unpaired) electrons. The zero-order chi connectivity index (χ0) is 20.2. The van der Waals surface area contributed by atoms with E-state index in [2.05, 4.69) is 20.2 Å². The lowest BCUT2D eigenvalue weighted by Gasteiger charge is -2.06. The molecule has 6 nitrogen and oxygen atoms in total. The summed E-state index contributed by atoms with van der Waals surface area (Å²) in [5.41, 5.74) is 4.01. The van der Waals surface area contributed by atoms with Crippen molar-refractivity contribution in [3.63, 3.8) is 0 Å². The average Bonchev–Trinajstić information content (AvgIpc) is 3.44. The molecule has 3 aromatic heterocycles. The fourth-order valence-electron chi connectivity index (χ4n) is 3.09. The van der Waals surface area contributed by atoms with Crippen LogP contribution < -0.4 is 4.74 Å². The zero-order valence-corrected chi connectivity index (χ0v) is 16.8. The van der Waals surface area contributed by atoms with Crippen molar-refractivity contribution in [2.24, 2.45) is 0 Å². The third-order valence-electron chi connectivity index (χ3n) is 4.62. The summed E-state index contributed by atoms with van der Waals surface area (Å²) in [6, 6.07) is 21.8. The van der Waals surface area contributed by atoms with E-state index in [1.54, 1.807) is 6.20 Å². The second kappa shape index (κ2) is 8.42. The SMILES string of the molecule is c1ccc(COc2ccc(CSc3nnc(-c4c[nH]c5ccccc45)o3)cc2)nc1. The van der Waals surface area contributed by atoms with Crippen LogP contribution in [0.1, 0.15) is 11.3 Å². The fraction of sp³-hybridized carbons (Fsp3) is 0.0870. The van der Waals surface area contributed by atoms with Gasteiger partial charge in [-0.2, -0.15) is 0 Å². The molecule has 0 bridgehead atoms. The first-order valence-corrected chi connectivity index (χ1v) is 10.5. The number of thioether (sulfide) groups is 1. The number of rotatable bonds is 7. The number of fused-ring (bicyclic) bond motifs is 1. The Bertz CT molecular complexity index is 1250. The van der Waals surface area contributed by atoms with Crippen LogP contribution in [0.3, 0.4) is 0 Å². The molecule has 0 unspecified atom stereocenters. The maximum absolute atomic E-state index is 5.86. The number of benzene rings is 2. The number of ether oxygens (including phenoxy) is 1. The third-order valence-corrected chi connectivity index (χ3v) is 5.51. The summed E-state index contributed by atoms with van der Waals surface area (Å²) in [4.78, 5) is 7.49. The van der Waals surface area contributed by atoms with Crippen molar-refractivity contribution in [1.29, 1.82) is 0 Å². The summed E-state index contributed by atoms with van der Waals surface area (Å²) >= 11 is 1.51. The van der Waals surface area contributed by atoms with Crippen molar-refractivity contribution in [2.45, 2.75) is 17.6 Å². The Morgan fingerprint density at radius 3 is 2.67 bits per heavy atom. The van der Waals surface area contributed by atoms with E-state index < -0.39 is 0 Å². The molecule has 1 N–H and O–H groups in total. The molecule has 0 amide bonds. The van der Waals surface area contributed by atoms with Gasteiger partial charge in [-0.1, -0.05) is 48.2 Å². The lowest BCUT2D eigenvalue weighted by molar-refractivity contribution is 0.301. The summed E-state index contributed by atoms with van der Waals surface area (Å²) in [7, 11) is 0. The third kappa shape index (κ3) is 4.06. The average molecular weight is 414 g/mol. The Hall–Kier alpha value is -3.58.